The SMILES string of the molecule is Cc1ccc(-c2c(NCCc3ccccc3)c(=O)c2=O)cc1C. The second-order valence-electron chi connectivity index (χ2n) is 5.87. The maximum atomic E-state index is 12.0. The number of anilines is 1. The van der Waals surface area contributed by atoms with Crippen molar-refractivity contribution in [2.24, 2.45) is 0 Å². The molecule has 3 aromatic carbocycles. The van der Waals surface area contributed by atoms with E-state index in [1.54, 1.807) is 0 Å². The Kier molecular flexibility index (Phi) is 4.11. The van der Waals surface area contributed by atoms with Gasteiger partial charge in [-0.15, -0.1) is 0 Å². The van der Waals surface area contributed by atoms with Crippen LogP contribution in [0.15, 0.2) is 58.1 Å². The van der Waals surface area contributed by atoms with E-state index < -0.39 is 10.9 Å². The smallest absolute Gasteiger partial charge is 0.250 e. The highest BCUT2D eigenvalue weighted by molar-refractivity contribution is 5.82. The summed E-state index contributed by atoms with van der Waals surface area (Å²) >= 11 is 0. The predicted octanol–water partition coefficient (Wildman–Crippen LogP) is 3.22. The molecule has 0 heterocycles. The summed E-state index contributed by atoms with van der Waals surface area (Å²) in [7, 11) is 0. The average molecular weight is 305 g/mol. The average Bonchev–Trinajstić information content (AvgIpc) is 2.57. The van der Waals surface area contributed by atoms with Gasteiger partial charge in [-0.2, -0.15) is 0 Å². The van der Waals surface area contributed by atoms with Crippen LogP contribution in [-0.4, -0.2) is 6.54 Å². The van der Waals surface area contributed by atoms with E-state index in [0.717, 1.165) is 17.5 Å². The van der Waals surface area contributed by atoms with E-state index in [1.165, 1.54) is 11.1 Å². The minimum atomic E-state index is -0.411. The van der Waals surface area contributed by atoms with Crippen molar-refractivity contribution < 1.29 is 0 Å². The number of rotatable bonds is 5. The molecule has 1 N–H and O–H groups in total. The molecule has 23 heavy (non-hydrogen) atoms. The molecule has 0 radical (unpaired) electrons. The molecule has 3 heteroatoms. The quantitative estimate of drug-likeness (QED) is 0.736. The van der Waals surface area contributed by atoms with Gasteiger partial charge in [0, 0.05) is 6.54 Å². The Morgan fingerprint density at radius 3 is 2.30 bits per heavy atom. The minimum absolute atomic E-state index is 0.393. The van der Waals surface area contributed by atoms with Crippen LogP contribution in [0.2, 0.25) is 0 Å². The fourth-order valence-corrected chi connectivity index (χ4v) is 2.71. The first-order chi connectivity index (χ1) is 11.1. The maximum absolute atomic E-state index is 12.0. The number of hydrogen-bond donors (Lipinski definition) is 1. The molecule has 0 bridgehead atoms. The van der Waals surface area contributed by atoms with Crippen molar-refractivity contribution in [3.05, 3.63) is 85.7 Å². The summed E-state index contributed by atoms with van der Waals surface area (Å²) in [6.07, 6.45) is 0.812. The Balaban J connectivity index is 1.79. The van der Waals surface area contributed by atoms with Crippen LogP contribution in [-0.2, 0) is 6.42 Å². The predicted molar refractivity (Wildman–Crippen MR) is 94.9 cm³/mol. The summed E-state index contributed by atoms with van der Waals surface area (Å²) in [6, 6.07) is 15.9. The number of hydrogen-bond acceptors (Lipinski definition) is 3. The zero-order valence-corrected chi connectivity index (χ0v) is 13.3. The minimum Gasteiger partial charge on any atom is -0.381 e. The standard InChI is InChI=1S/C20H19NO2/c1-13-8-9-16(12-14(13)2)17-18(20(23)19(17)22)21-11-10-15-6-4-3-5-7-15/h3-9,12,21H,10-11H2,1-2H3. The third kappa shape index (κ3) is 2.95. The highest BCUT2D eigenvalue weighted by Gasteiger charge is 2.22. The fourth-order valence-electron chi connectivity index (χ4n) is 2.71. The highest BCUT2D eigenvalue weighted by atomic mass is 16.2. The Morgan fingerprint density at radius 2 is 1.61 bits per heavy atom. The van der Waals surface area contributed by atoms with E-state index in [4.69, 9.17) is 0 Å². The molecule has 0 unspecified atom stereocenters. The summed E-state index contributed by atoms with van der Waals surface area (Å²) in [6.45, 7) is 4.67. The van der Waals surface area contributed by atoms with Gasteiger partial charge in [-0.05, 0) is 42.5 Å². The summed E-state index contributed by atoms with van der Waals surface area (Å²) in [5.74, 6) is 0. The maximum Gasteiger partial charge on any atom is 0.250 e. The lowest BCUT2D eigenvalue weighted by Gasteiger charge is -2.14. The fraction of sp³-hybridized carbons (Fsp3) is 0.200. The molecule has 0 aliphatic carbocycles. The summed E-state index contributed by atoms with van der Waals surface area (Å²) in [4.78, 5) is 23.8. The zero-order valence-electron chi connectivity index (χ0n) is 13.3. The largest absolute Gasteiger partial charge is 0.381 e. The van der Waals surface area contributed by atoms with Crippen LogP contribution < -0.4 is 16.2 Å². The van der Waals surface area contributed by atoms with Gasteiger partial charge in [0.25, 0.3) is 0 Å². The van der Waals surface area contributed by atoms with Crippen molar-refractivity contribution in [3.63, 3.8) is 0 Å². The van der Waals surface area contributed by atoms with Gasteiger partial charge in [-0.1, -0.05) is 48.5 Å². The van der Waals surface area contributed by atoms with E-state index >= 15 is 0 Å². The first-order valence-corrected chi connectivity index (χ1v) is 7.76. The Labute approximate surface area is 135 Å². The van der Waals surface area contributed by atoms with E-state index in [1.807, 2.05) is 62.4 Å². The van der Waals surface area contributed by atoms with Crippen LogP contribution in [0.1, 0.15) is 16.7 Å². The van der Waals surface area contributed by atoms with Crippen LogP contribution in [0.5, 0.6) is 0 Å². The van der Waals surface area contributed by atoms with Gasteiger partial charge in [-0.25, -0.2) is 0 Å². The summed E-state index contributed by atoms with van der Waals surface area (Å²) < 4.78 is 0. The zero-order chi connectivity index (χ0) is 16.4. The molecular weight excluding hydrogens is 286 g/mol. The van der Waals surface area contributed by atoms with Crippen molar-refractivity contribution in [3.8, 4) is 11.1 Å². The van der Waals surface area contributed by atoms with Crippen molar-refractivity contribution in [1.29, 1.82) is 0 Å². The lowest BCUT2D eigenvalue weighted by Crippen LogP contribution is -2.36. The third-order valence-electron chi connectivity index (χ3n) is 4.26. The number of aryl methyl sites for hydroxylation is 2. The molecule has 0 aliphatic rings. The van der Waals surface area contributed by atoms with Gasteiger partial charge in [0.1, 0.15) is 0 Å². The molecule has 3 nitrogen and oxygen atoms in total. The number of nitrogens with one attached hydrogen (secondary N) is 1. The van der Waals surface area contributed by atoms with E-state index in [-0.39, 0.29) is 0 Å². The molecule has 0 amide bonds. The van der Waals surface area contributed by atoms with E-state index in [0.29, 0.717) is 17.8 Å². The van der Waals surface area contributed by atoms with Crippen molar-refractivity contribution in [2.75, 3.05) is 11.9 Å². The molecule has 116 valence electrons. The van der Waals surface area contributed by atoms with Crippen molar-refractivity contribution in [2.45, 2.75) is 20.3 Å². The molecule has 0 saturated carbocycles. The highest BCUT2D eigenvalue weighted by Crippen LogP contribution is 2.25. The summed E-state index contributed by atoms with van der Waals surface area (Å²) in [5, 5.41) is 3.14. The van der Waals surface area contributed by atoms with Gasteiger partial charge < -0.3 is 5.32 Å². The van der Waals surface area contributed by atoms with Gasteiger partial charge in [0.05, 0.1) is 11.3 Å². The molecule has 3 rings (SSSR count). The van der Waals surface area contributed by atoms with Gasteiger partial charge in [-0.3, -0.25) is 9.59 Å². The van der Waals surface area contributed by atoms with E-state index in [2.05, 4.69) is 5.32 Å². The van der Waals surface area contributed by atoms with Gasteiger partial charge in [0.2, 0.25) is 10.9 Å². The molecule has 0 fully saturated rings. The molecular formula is C20H19NO2. The Bertz CT molecular complexity index is 903. The molecule has 0 saturated heterocycles. The molecule has 3 aromatic rings. The van der Waals surface area contributed by atoms with E-state index in [9.17, 15) is 9.59 Å². The van der Waals surface area contributed by atoms with Crippen LogP contribution in [0.3, 0.4) is 0 Å². The van der Waals surface area contributed by atoms with Gasteiger partial charge >= 0.3 is 0 Å². The van der Waals surface area contributed by atoms with Gasteiger partial charge in [0.15, 0.2) is 0 Å². The normalized spacial score (nSPS) is 10.9. The molecule has 0 aromatic heterocycles. The second-order valence-corrected chi connectivity index (χ2v) is 5.87. The molecule has 0 atom stereocenters. The van der Waals surface area contributed by atoms with Crippen molar-refractivity contribution >= 4 is 5.69 Å². The van der Waals surface area contributed by atoms with Crippen molar-refractivity contribution in [1.82, 2.24) is 0 Å². The van der Waals surface area contributed by atoms with Crippen LogP contribution in [0.4, 0.5) is 5.69 Å². The first-order valence-electron chi connectivity index (χ1n) is 7.76. The van der Waals surface area contributed by atoms with Crippen LogP contribution in [0.25, 0.3) is 11.1 Å². The monoisotopic (exact) mass is 305 g/mol. The summed E-state index contributed by atoms with van der Waals surface area (Å²) in [5.41, 5.74) is 4.48. The van der Waals surface area contributed by atoms with Crippen LogP contribution >= 0.6 is 0 Å². The molecule has 0 spiro atoms. The third-order valence-corrected chi connectivity index (χ3v) is 4.26. The Morgan fingerprint density at radius 1 is 0.870 bits per heavy atom. The number of benzene rings is 2. The van der Waals surface area contributed by atoms with Crippen LogP contribution in [0, 0.1) is 13.8 Å². The lowest BCUT2D eigenvalue weighted by molar-refractivity contribution is 1.01. The second kappa shape index (κ2) is 6.21. The topological polar surface area (TPSA) is 46.2 Å². The molecule has 0 aliphatic heterocycles. The first kappa shape index (κ1) is 15.2. The lowest BCUT2D eigenvalue weighted by atomic mass is 9.95. The Hall–Kier alpha value is -2.68.